The lowest BCUT2D eigenvalue weighted by Crippen LogP contribution is -2.25. The fourth-order valence-electron chi connectivity index (χ4n) is 2.31. The zero-order valence-corrected chi connectivity index (χ0v) is 9.06. The van der Waals surface area contributed by atoms with Gasteiger partial charge in [-0.15, -0.1) is 0 Å². The molecule has 2 fully saturated rings. The van der Waals surface area contributed by atoms with Crippen LogP contribution in [0.15, 0.2) is 0 Å². The summed E-state index contributed by atoms with van der Waals surface area (Å²) in [5.74, 6) is -1.23. The van der Waals surface area contributed by atoms with Gasteiger partial charge in [0.1, 0.15) is 12.0 Å². The molecule has 0 amide bonds. The molecule has 0 N–H and O–H groups in total. The van der Waals surface area contributed by atoms with E-state index in [9.17, 15) is 9.59 Å². The molecular formula is C11H16O4. The van der Waals surface area contributed by atoms with E-state index < -0.39 is 0 Å². The monoisotopic (exact) mass is 212 g/mol. The Labute approximate surface area is 88.9 Å². The number of cyclic esters (lactones) is 1. The van der Waals surface area contributed by atoms with E-state index in [0.29, 0.717) is 0 Å². The third-order valence-electron chi connectivity index (χ3n) is 3.26. The lowest BCUT2D eigenvalue weighted by atomic mass is 9.91. The van der Waals surface area contributed by atoms with E-state index in [1.165, 1.54) is 0 Å². The van der Waals surface area contributed by atoms with E-state index in [2.05, 4.69) is 6.92 Å². The van der Waals surface area contributed by atoms with Crippen LogP contribution in [-0.2, 0) is 19.1 Å². The fraction of sp³-hybridized carbons (Fsp3) is 0.818. The second-order valence-corrected chi connectivity index (χ2v) is 4.33. The van der Waals surface area contributed by atoms with Crippen molar-refractivity contribution in [3.63, 3.8) is 0 Å². The summed E-state index contributed by atoms with van der Waals surface area (Å²) in [4.78, 5) is 22.9. The summed E-state index contributed by atoms with van der Waals surface area (Å²) >= 11 is 0. The van der Waals surface area contributed by atoms with Gasteiger partial charge < -0.3 is 9.47 Å². The fourth-order valence-corrected chi connectivity index (χ4v) is 2.31. The molecule has 0 aromatic heterocycles. The van der Waals surface area contributed by atoms with Gasteiger partial charge in [-0.1, -0.05) is 20.3 Å². The van der Waals surface area contributed by atoms with Crippen LogP contribution < -0.4 is 0 Å². The molecule has 4 unspecified atom stereocenters. The zero-order chi connectivity index (χ0) is 11.0. The maximum absolute atomic E-state index is 11.5. The van der Waals surface area contributed by atoms with Gasteiger partial charge >= 0.3 is 11.9 Å². The summed E-state index contributed by atoms with van der Waals surface area (Å²) in [6, 6.07) is 0. The Morgan fingerprint density at radius 3 is 2.60 bits per heavy atom. The van der Waals surface area contributed by atoms with Crippen molar-refractivity contribution in [1.82, 2.24) is 0 Å². The third kappa shape index (κ3) is 1.62. The minimum Gasteiger partial charge on any atom is -0.458 e. The number of unbranched alkanes of at least 4 members (excludes halogenated alkanes) is 1. The Balaban J connectivity index is 2.07. The smallest absolute Gasteiger partial charge is 0.314 e. The number of carbonyl (C=O) groups is 2. The summed E-state index contributed by atoms with van der Waals surface area (Å²) < 4.78 is 10.4. The van der Waals surface area contributed by atoms with Crippen molar-refractivity contribution in [2.24, 2.45) is 11.8 Å². The molecule has 0 aromatic carbocycles. The predicted octanol–water partition coefficient (Wildman–Crippen LogP) is 1.28. The molecule has 84 valence electrons. The number of carbonyl (C=O) groups excluding carboxylic acids is 2. The Bertz CT molecular complexity index is 286. The number of hydrogen-bond donors (Lipinski definition) is 0. The van der Waals surface area contributed by atoms with Crippen LogP contribution in [0.3, 0.4) is 0 Å². The van der Waals surface area contributed by atoms with Crippen LogP contribution in [0.1, 0.15) is 33.1 Å². The highest BCUT2D eigenvalue weighted by Gasteiger charge is 2.56. The number of rotatable bonds is 3. The summed E-state index contributed by atoms with van der Waals surface area (Å²) in [5.41, 5.74) is 0. The second kappa shape index (κ2) is 3.83. The average Bonchev–Trinajstić information content (AvgIpc) is 2.65. The molecule has 2 saturated heterocycles. The Kier molecular flexibility index (Phi) is 2.67. The van der Waals surface area contributed by atoms with Crippen molar-refractivity contribution in [1.29, 1.82) is 0 Å². The predicted molar refractivity (Wildman–Crippen MR) is 51.9 cm³/mol. The number of esters is 2. The first-order valence-electron chi connectivity index (χ1n) is 5.56. The van der Waals surface area contributed by atoms with Gasteiger partial charge in [0.2, 0.25) is 0 Å². The molecule has 0 saturated carbocycles. The van der Waals surface area contributed by atoms with Crippen LogP contribution >= 0.6 is 0 Å². The highest BCUT2D eigenvalue weighted by atomic mass is 16.6. The quantitative estimate of drug-likeness (QED) is 0.661. The van der Waals surface area contributed by atoms with Crippen LogP contribution in [0.5, 0.6) is 0 Å². The van der Waals surface area contributed by atoms with Gasteiger partial charge in [0.05, 0.1) is 5.92 Å². The highest BCUT2D eigenvalue weighted by Crippen LogP contribution is 2.38. The molecule has 4 heteroatoms. The van der Waals surface area contributed by atoms with Crippen molar-refractivity contribution < 1.29 is 19.1 Å². The summed E-state index contributed by atoms with van der Waals surface area (Å²) in [6.07, 6.45) is 2.30. The molecule has 15 heavy (non-hydrogen) atoms. The molecule has 4 atom stereocenters. The van der Waals surface area contributed by atoms with Crippen molar-refractivity contribution in [2.75, 3.05) is 0 Å². The molecule has 0 radical (unpaired) electrons. The Hall–Kier alpha value is -1.06. The van der Waals surface area contributed by atoms with Gasteiger partial charge in [0.15, 0.2) is 6.10 Å². The van der Waals surface area contributed by atoms with Crippen molar-refractivity contribution >= 4 is 11.9 Å². The summed E-state index contributed by atoms with van der Waals surface area (Å²) in [5, 5.41) is 0. The number of hydrogen-bond acceptors (Lipinski definition) is 4. The molecular weight excluding hydrogens is 196 g/mol. The van der Waals surface area contributed by atoms with Gasteiger partial charge in [0.25, 0.3) is 0 Å². The first-order valence-corrected chi connectivity index (χ1v) is 5.56. The minimum absolute atomic E-state index is 0.212. The van der Waals surface area contributed by atoms with Crippen LogP contribution in [0, 0.1) is 11.8 Å². The molecule has 0 spiro atoms. The normalized spacial score (nSPS) is 38.8. The molecule has 2 aliphatic heterocycles. The van der Waals surface area contributed by atoms with E-state index in [4.69, 9.17) is 9.47 Å². The molecule has 2 aliphatic rings. The SMILES string of the molecule is CCCCC1OC(=O)C2C(C)C(=O)OC12. The van der Waals surface area contributed by atoms with Gasteiger partial charge in [-0.25, -0.2) is 0 Å². The lowest BCUT2D eigenvalue weighted by Gasteiger charge is -2.14. The third-order valence-corrected chi connectivity index (χ3v) is 3.26. The van der Waals surface area contributed by atoms with Gasteiger partial charge in [0, 0.05) is 0 Å². The summed E-state index contributed by atoms with van der Waals surface area (Å²) in [7, 11) is 0. The van der Waals surface area contributed by atoms with Crippen LogP contribution in [0.25, 0.3) is 0 Å². The molecule has 0 aromatic rings. The van der Waals surface area contributed by atoms with E-state index in [1.807, 2.05) is 0 Å². The standard InChI is InChI=1S/C11H16O4/c1-3-4-5-7-9-8(11(13)14-7)6(2)10(12)15-9/h6-9H,3-5H2,1-2H3. The van der Waals surface area contributed by atoms with Crippen molar-refractivity contribution in [3.8, 4) is 0 Å². The van der Waals surface area contributed by atoms with Gasteiger partial charge in [-0.2, -0.15) is 0 Å². The van der Waals surface area contributed by atoms with Gasteiger partial charge in [-0.05, 0) is 12.8 Å². The van der Waals surface area contributed by atoms with Crippen molar-refractivity contribution in [2.45, 2.75) is 45.3 Å². The maximum Gasteiger partial charge on any atom is 0.314 e. The minimum atomic E-state index is -0.362. The molecule has 2 rings (SSSR count). The molecule has 4 nitrogen and oxygen atoms in total. The topological polar surface area (TPSA) is 52.6 Å². The van der Waals surface area contributed by atoms with Crippen LogP contribution in [0.2, 0.25) is 0 Å². The van der Waals surface area contributed by atoms with Crippen LogP contribution in [-0.4, -0.2) is 24.1 Å². The maximum atomic E-state index is 11.5. The Morgan fingerprint density at radius 1 is 1.20 bits per heavy atom. The largest absolute Gasteiger partial charge is 0.458 e. The Morgan fingerprint density at radius 2 is 1.93 bits per heavy atom. The van der Waals surface area contributed by atoms with Crippen molar-refractivity contribution in [3.05, 3.63) is 0 Å². The van der Waals surface area contributed by atoms with E-state index in [0.717, 1.165) is 19.3 Å². The zero-order valence-electron chi connectivity index (χ0n) is 9.06. The number of fused-ring (bicyclic) bond motifs is 1. The highest BCUT2D eigenvalue weighted by molar-refractivity contribution is 5.87. The van der Waals surface area contributed by atoms with E-state index in [-0.39, 0.29) is 36.0 Å². The molecule has 0 aliphatic carbocycles. The van der Waals surface area contributed by atoms with E-state index in [1.54, 1.807) is 6.92 Å². The summed E-state index contributed by atoms with van der Waals surface area (Å²) in [6.45, 7) is 3.81. The molecule has 2 heterocycles. The van der Waals surface area contributed by atoms with Crippen LogP contribution in [0.4, 0.5) is 0 Å². The van der Waals surface area contributed by atoms with E-state index >= 15 is 0 Å². The lowest BCUT2D eigenvalue weighted by molar-refractivity contribution is -0.155. The van der Waals surface area contributed by atoms with Gasteiger partial charge in [-0.3, -0.25) is 9.59 Å². The number of ether oxygens (including phenoxy) is 2. The average molecular weight is 212 g/mol. The first kappa shape index (κ1) is 10.5. The second-order valence-electron chi connectivity index (χ2n) is 4.33. The molecule has 0 bridgehead atoms. The first-order chi connectivity index (χ1) is 7.15.